The number of carbonyl (C=O) groups excluding carboxylic acids is 1. The maximum Gasteiger partial charge on any atom is 0.459 e. The largest absolute Gasteiger partial charge is 0.461 e. The van der Waals surface area contributed by atoms with E-state index in [1.54, 1.807) is 30.3 Å². The predicted molar refractivity (Wildman–Crippen MR) is 201 cm³/mol. The zero-order valence-electron chi connectivity index (χ0n) is 31.3. The molecule has 2 aromatic heterocycles. The number of nitrogens with two attached hydrogens (primary N) is 1. The summed E-state index contributed by atoms with van der Waals surface area (Å²) in [6.45, 7) is 5.31. The molecule has 1 aliphatic heterocycles. The van der Waals surface area contributed by atoms with Crippen molar-refractivity contribution < 1.29 is 37.4 Å². The van der Waals surface area contributed by atoms with Gasteiger partial charge in [0.15, 0.2) is 22.6 Å². The van der Waals surface area contributed by atoms with Gasteiger partial charge in [-0.15, -0.1) is 6.42 Å². The number of fused-ring (bicyclic) bond motifs is 1. The van der Waals surface area contributed by atoms with Crippen LogP contribution in [0.15, 0.2) is 36.7 Å². The van der Waals surface area contributed by atoms with Crippen LogP contribution in [-0.4, -0.2) is 61.1 Å². The van der Waals surface area contributed by atoms with E-state index in [1.807, 2.05) is 0 Å². The lowest BCUT2D eigenvalue weighted by molar-refractivity contribution is -0.151. The van der Waals surface area contributed by atoms with Gasteiger partial charge in [0.25, 0.3) is 0 Å². The Morgan fingerprint density at radius 2 is 1.72 bits per heavy atom. The number of imidazole rings is 1. The lowest BCUT2D eigenvalue weighted by atomic mass is 9.99. The fourth-order valence-electron chi connectivity index (χ4n) is 6.36. The van der Waals surface area contributed by atoms with E-state index in [2.05, 4.69) is 39.8 Å². The summed E-state index contributed by atoms with van der Waals surface area (Å²) in [6.07, 6.45) is 18.6. The minimum atomic E-state index is -4.38. The molecule has 4 rings (SSSR count). The number of nitrogens with zero attached hydrogens (tertiary/aromatic N) is 4. The molecule has 1 saturated heterocycles. The Morgan fingerprint density at radius 3 is 2.34 bits per heavy atom. The van der Waals surface area contributed by atoms with Gasteiger partial charge in [-0.05, 0) is 44.7 Å². The number of nitrogens with one attached hydrogen (secondary N) is 1. The molecule has 53 heavy (non-hydrogen) atoms. The van der Waals surface area contributed by atoms with Crippen molar-refractivity contribution in [3.8, 4) is 18.1 Å². The van der Waals surface area contributed by atoms with Crippen LogP contribution in [0.1, 0.15) is 123 Å². The number of rotatable bonds is 24. The number of aromatic nitrogens is 4. The first-order chi connectivity index (χ1) is 25.5. The van der Waals surface area contributed by atoms with Crippen LogP contribution in [0.5, 0.6) is 5.75 Å². The van der Waals surface area contributed by atoms with E-state index in [9.17, 15) is 18.9 Å². The highest BCUT2D eigenvalue weighted by molar-refractivity contribution is 7.52. The van der Waals surface area contributed by atoms with Crippen molar-refractivity contribution in [1.29, 1.82) is 0 Å². The minimum Gasteiger partial charge on any atom is -0.461 e. The Morgan fingerprint density at radius 1 is 1.09 bits per heavy atom. The SMILES string of the molecule is C#C[C@]1(COP(=O)(N[C@@H](C)C(=O)OC(CCCCCCCC)CCCCCCCC)Oc2ccccc2)O[C@@H](n2cnc3c(N)nc(F)nc32)C[C@@H]1O. The van der Waals surface area contributed by atoms with Crippen molar-refractivity contribution in [2.45, 2.75) is 147 Å². The molecule has 0 aliphatic carbocycles. The number of terminal acetylenes is 1. The summed E-state index contributed by atoms with van der Waals surface area (Å²) in [4.78, 5) is 24.9. The van der Waals surface area contributed by atoms with Crippen molar-refractivity contribution in [1.82, 2.24) is 24.6 Å². The highest BCUT2D eigenvalue weighted by Gasteiger charge is 2.50. The zero-order chi connectivity index (χ0) is 38.3. The van der Waals surface area contributed by atoms with Crippen molar-refractivity contribution >= 4 is 30.7 Å². The molecule has 0 spiro atoms. The molecule has 4 N–H and O–H groups in total. The second-order valence-electron chi connectivity index (χ2n) is 13.8. The van der Waals surface area contributed by atoms with Gasteiger partial charge in [0, 0.05) is 6.42 Å². The van der Waals surface area contributed by atoms with E-state index in [0.29, 0.717) is 0 Å². The summed E-state index contributed by atoms with van der Waals surface area (Å²) in [5.41, 5.74) is 4.18. The lowest BCUT2D eigenvalue weighted by Crippen LogP contribution is -2.44. The molecule has 1 aromatic carbocycles. The molecule has 13 nitrogen and oxygen atoms in total. The Kier molecular flexibility index (Phi) is 16.5. The fraction of sp³-hybridized carbons (Fsp3) is 0.632. The van der Waals surface area contributed by atoms with E-state index in [4.69, 9.17) is 30.7 Å². The number of ether oxygens (including phenoxy) is 2. The molecular formula is C38H56FN6O7P. The Bertz CT molecular complexity index is 1660. The molecular weight excluding hydrogens is 702 g/mol. The van der Waals surface area contributed by atoms with Crippen molar-refractivity contribution in [3.05, 3.63) is 42.7 Å². The molecule has 0 saturated carbocycles. The Labute approximate surface area is 312 Å². The molecule has 15 heteroatoms. The summed E-state index contributed by atoms with van der Waals surface area (Å²) in [5, 5.41) is 13.9. The van der Waals surface area contributed by atoms with Gasteiger partial charge >= 0.3 is 19.8 Å². The second kappa shape index (κ2) is 20.7. The number of unbranched alkanes of at least 4 members (excludes halogenated alkanes) is 10. The topological polar surface area (TPSA) is 173 Å². The van der Waals surface area contributed by atoms with Gasteiger partial charge in [-0.2, -0.15) is 19.4 Å². The molecule has 3 aromatic rings. The molecule has 0 radical (unpaired) electrons. The molecule has 3 heterocycles. The Hall–Kier alpha value is -3.60. The average Bonchev–Trinajstić information content (AvgIpc) is 3.71. The van der Waals surface area contributed by atoms with Gasteiger partial charge in [-0.3, -0.25) is 13.9 Å². The summed E-state index contributed by atoms with van der Waals surface area (Å²) in [5.74, 6) is 1.90. The van der Waals surface area contributed by atoms with Crippen molar-refractivity contribution in [3.63, 3.8) is 0 Å². The fourth-order valence-corrected chi connectivity index (χ4v) is 7.88. The van der Waals surface area contributed by atoms with Crippen molar-refractivity contribution in [2.75, 3.05) is 12.3 Å². The van der Waals surface area contributed by atoms with Gasteiger partial charge in [-0.25, -0.2) is 9.55 Å². The van der Waals surface area contributed by atoms with Crippen molar-refractivity contribution in [2.24, 2.45) is 0 Å². The van der Waals surface area contributed by atoms with Crippen LogP contribution in [0.25, 0.3) is 11.2 Å². The molecule has 1 fully saturated rings. The van der Waals surface area contributed by atoms with Crippen LogP contribution in [0.2, 0.25) is 0 Å². The van der Waals surface area contributed by atoms with Crippen LogP contribution in [0, 0.1) is 18.4 Å². The maximum atomic E-state index is 14.4. The van der Waals surface area contributed by atoms with E-state index < -0.39 is 50.4 Å². The lowest BCUT2D eigenvalue weighted by Gasteiger charge is -2.30. The molecule has 1 unspecified atom stereocenters. The smallest absolute Gasteiger partial charge is 0.459 e. The number of halogens is 1. The third-order valence-electron chi connectivity index (χ3n) is 9.45. The van der Waals surface area contributed by atoms with Crippen LogP contribution in [0.4, 0.5) is 10.2 Å². The van der Waals surface area contributed by atoms with Crippen LogP contribution in [-0.2, 0) is 23.4 Å². The molecule has 292 valence electrons. The van der Waals surface area contributed by atoms with E-state index in [0.717, 1.165) is 51.4 Å². The van der Waals surface area contributed by atoms with Gasteiger partial charge in [0.2, 0.25) is 0 Å². The summed E-state index contributed by atoms with van der Waals surface area (Å²) < 4.78 is 53.7. The summed E-state index contributed by atoms with van der Waals surface area (Å²) in [7, 11) is -4.38. The van der Waals surface area contributed by atoms with E-state index in [-0.39, 0.29) is 35.3 Å². The second-order valence-corrected chi connectivity index (χ2v) is 15.5. The monoisotopic (exact) mass is 758 g/mol. The first kappa shape index (κ1) is 42.1. The minimum absolute atomic E-state index is 0.0410. The number of benzene rings is 1. The summed E-state index contributed by atoms with van der Waals surface area (Å²) in [6, 6.07) is 7.23. The standard InChI is InChI=1S/C38H56FN6O7P/c1-5-8-10-12-14-17-21-29(22-18-15-13-11-9-6-2)50-36(47)28(4)44-53(48,52-30-23-19-16-20-24-30)49-26-38(7-3)31(46)25-32(51-38)45-27-41-33-34(40)42-37(39)43-35(33)45/h3,16,19-20,23-24,27-29,31-32,46H,5-6,8-15,17-18,21-22,25-26H2,1-2,4H3,(H,44,48)(H2,40,42,43)/t28-,31-,32+,38+,53?/m0/s1. The maximum absolute atomic E-state index is 14.4. The molecule has 0 amide bonds. The quantitative estimate of drug-likeness (QED) is 0.0267. The number of aliphatic hydroxyl groups is 1. The number of aliphatic hydroxyl groups excluding tert-OH is 1. The number of hydrogen-bond donors (Lipinski definition) is 3. The number of anilines is 1. The number of carbonyl (C=O) groups is 1. The highest BCUT2D eigenvalue weighted by Crippen LogP contribution is 2.48. The van der Waals surface area contributed by atoms with Crippen LogP contribution >= 0.6 is 7.75 Å². The Balaban J connectivity index is 1.45. The molecule has 1 aliphatic rings. The predicted octanol–water partition coefficient (Wildman–Crippen LogP) is 7.79. The third-order valence-corrected chi connectivity index (χ3v) is 11.1. The number of nitrogen functional groups attached to an aromatic ring is 1. The highest BCUT2D eigenvalue weighted by atomic mass is 31.2. The van der Waals surface area contributed by atoms with Crippen LogP contribution in [0.3, 0.4) is 0 Å². The van der Waals surface area contributed by atoms with E-state index >= 15 is 0 Å². The number of esters is 1. The first-order valence-corrected chi connectivity index (χ1v) is 20.5. The van der Waals surface area contributed by atoms with Gasteiger partial charge in [0.05, 0.1) is 6.33 Å². The normalized spacial score (nSPS) is 20.3. The van der Waals surface area contributed by atoms with Gasteiger partial charge in [-0.1, -0.05) is 102 Å². The third kappa shape index (κ3) is 12.2. The summed E-state index contributed by atoms with van der Waals surface area (Å²) >= 11 is 0. The van der Waals surface area contributed by atoms with Gasteiger partial charge < -0.3 is 24.8 Å². The van der Waals surface area contributed by atoms with E-state index in [1.165, 1.54) is 56.3 Å². The number of para-hydroxylation sites is 1. The number of hydrogen-bond acceptors (Lipinski definition) is 11. The first-order valence-electron chi connectivity index (χ1n) is 19.0. The van der Waals surface area contributed by atoms with Gasteiger partial charge in [0.1, 0.15) is 36.8 Å². The molecule has 5 atom stereocenters. The molecule has 0 bridgehead atoms. The van der Waals surface area contributed by atoms with Crippen LogP contribution < -0.4 is 15.3 Å². The zero-order valence-corrected chi connectivity index (χ0v) is 32.1. The average molecular weight is 759 g/mol.